The van der Waals surface area contributed by atoms with Gasteiger partial charge in [0, 0.05) is 18.7 Å². The maximum absolute atomic E-state index is 12.0. The topological polar surface area (TPSA) is 130 Å². The van der Waals surface area contributed by atoms with Crippen LogP contribution in [0.5, 0.6) is 17.2 Å². The first kappa shape index (κ1) is 22.7. The Labute approximate surface area is 205 Å². The van der Waals surface area contributed by atoms with E-state index in [0.29, 0.717) is 47.8 Å². The lowest BCUT2D eigenvalue weighted by Gasteiger charge is -2.24. The average Bonchev–Trinajstić information content (AvgIpc) is 3.63. The molecule has 0 aliphatic carbocycles. The second-order valence-electron chi connectivity index (χ2n) is 7.93. The Morgan fingerprint density at radius 3 is 2.63 bits per heavy atom. The van der Waals surface area contributed by atoms with Crippen LogP contribution in [0.15, 0.2) is 36.1 Å². The summed E-state index contributed by atoms with van der Waals surface area (Å²) in [6, 6.07) is 5.22. The number of hydrogen-bond donors (Lipinski definition) is 2. The van der Waals surface area contributed by atoms with Crippen LogP contribution in [0.3, 0.4) is 0 Å². The zero-order valence-electron chi connectivity index (χ0n) is 19.5. The van der Waals surface area contributed by atoms with Crippen molar-refractivity contribution in [2.24, 2.45) is 5.73 Å². The van der Waals surface area contributed by atoms with Gasteiger partial charge in [-0.2, -0.15) is 4.98 Å². The summed E-state index contributed by atoms with van der Waals surface area (Å²) in [6.07, 6.45) is 5.07. The minimum absolute atomic E-state index is 0.343. The van der Waals surface area contributed by atoms with Gasteiger partial charge in [0.15, 0.2) is 23.1 Å². The molecule has 182 valence electrons. The van der Waals surface area contributed by atoms with E-state index in [4.69, 9.17) is 24.9 Å². The fourth-order valence-corrected chi connectivity index (χ4v) is 5.11. The van der Waals surface area contributed by atoms with Crippen molar-refractivity contribution in [3.8, 4) is 22.9 Å². The lowest BCUT2D eigenvalue weighted by Crippen LogP contribution is -2.40. The van der Waals surface area contributed by atoms with Crippen LogP contribution in [-0.2, 0) is 4.79 Å². The molecule has 3 aromatic heterocycles. The third-order valence-electron chi connectivity index (χ3n) is 5.91. The number of fused-ring (bicyclic) bond motifs is 1. The molecule has 0 spiro atoms. The molecule has 1 aliphatic rings. The number of nitrogens with one attached hydrogen (secondary N) is 1. The molecule has 1 aliphatic heterocycles. The first-order valence-corrected chi connectivity index (χ1v) is 11.8. The van der Waals surface area contributed by atoms with Crippen LogP contribution in [0.2, 0.25) is 0 Å². The molecule has 0 radical (unpaired) electrons. The molecule has 4 heterocycles. The number of anilines is 3. The van der Waals surface area contributed by atoms with E-state index in [1.54, 1.807) is 39.0 Å². The fourth-order valence-electron chi connectivity index (χ4n) is 4.27. The fraction of sp³-hybridized carbons (Fsp3) is 0.304. The molecule has 5 rings (SSSR count). The number of carbonyl (C=O) groups is 1. The van der Waals surface area contributed by atoms with Gasteiger partial charge in [0.25, 0.3) is 0 Å². The van der Waals surface area contributed by atoms with Gasteiger partial charge in [0.2, 0.25) is 17.6 Å². The summed E-state index contributed by atoms with van der Waals surface area (Å²) in [4.78, 5) is 27.8. The number of nitrogens with two attached hydrogens (primary N) is 1. The van der Waals surface area contributed by atoms with E-state index in [-0.39, 0.29) is 11.9 Å². The lowest BCUT2D eigenvalue weighted by molar-refractivity contribution is -0.119. The first-order chi connectivity index (χ1) is 17.0. The maximum Gasteiger partial charge on any atom is 0.240 e. The standard InChI is InChI=1S/C23H25N7O4S/c1-32-16-9-13(10-17(33-2)19(16)34-3)29-11-18(25-12-29)27-23-26-14-6-8-35-20(14)22(28-23)30-7-4-5-15(30)21(24)31/h6,8-12,15H,4-5,7H2,1-3H3,(H2,24,31)(H,26,27,28). The smallest absolute Gasteiger partial charge is 0.240 e. The molecule has 12 heteroatoms. The van der Waals surface area contributed by atoms with Crippen LogP contribution in [0.25, 0.3) is 15.9 Å². The van der Waals surface area contributed by atoms with Gasteiger partial charge in [0.05, 0.1) is 43.4 Å². The number of thiophene rings is 1. The third kappa shape index (κ3) is 4.16. The van der Waals surface area contributed by atoms with Gasteiger partial charge in [-0.15, -0.1) is 11.3 Å². The summed E-state index contributed by atoms with van der Waals surface area (Å²) in [5, 5.41) is 5.14. The Morgan fingerprint density at radius 2 is 1.94 bits per heavy atom. The van der Waals surface area contributed by atoms with Gasteiger partial charge in [-0.25, -0.2) is 9.97 Å². The summed E-state index contributed by atoms with van der Waals surface area (Å²) in [5.74, 6) is 2.88. The van der Waals surface area contributed by atoms with Crippen LogP contribution >= 0.6 is 11.3 Å². The number of amides is 1. The Balaban J connectivity index is 1.47. The Morgan fingerprint density at radius 1 is 1.17 bits per heavy atom. The van der Waals surface area contributed by atoms with Crippen molar-refractivity contribution in [1.29, 1.82) is 0 Å². The molecule has 0 saturated carbocycles. The number of hydrogen-bond acceptors (Lipinski definition) is 10. The quantitative estimate of drug-likeness (QED) is 0.379. The molecule has 1 atom stereocenters. The minimum Gasteiger partial charge on any atom is -0.493 e. The van der Waals surface area contributed by atoms with Gasteiger partial charge >= 0.3 is 0 Å². The summed E-state index contributed by atoms with van der Waals surface area (Å²) < 4.78 is 19.1. The number of nitrogens with zero attached hydrogens (tertiary/aromatic N) is 5. The molecule has 1 saturated heterocycles. The molecular formula is C23H25N7O4S. The van der Waals surface area contributed by atoms with Crippen LogP contribution in [0.1, 0.15) is 12.8 Å². The average molecular weight is 496 g/mol. The number of rotatable bonds is 8. The monoisotopic (exact) mass is 495 g/mol. The Bertz CT molecular complexity index is 1360. The van der Waals surface area contributed by atoms with Gasteiger partial charge < -0.3 is 34.7 Å². The summed E-state index contributed by atoms with van der Waals surface area (Å²) in [5.41, 5.74) is 7.22. The van der Waals surface area contributed by atoms with E-state index in [2.05, 4.69) is 15.3 Å². The summed E-state index contributed by atoms with van der Waals surface area (Å²) >= 11 is 1.54. The second-order valence-corrected chi connectivity index (χ2v) is 8.85. The van der Waals surface area contributed by atoms with E-state index < -0.39 is 0 Å². The van der Waals surface area contributed by atoms with E-state index in [1.165, 1.54) is 0 Å². The van der Waals surface area contributed by atoms with Crippen LogP contribution < -0.4 is 30.2 Å². The van der Waals surface area contributed by atoms with Crippen LogP contribution in [0.4, 0.5) is 17.6 Å². The van der Waals surface area contributed by atoms with Crippen molar-refractivity contribution in [3.63, 3.8) is 0 Å². The van der Waals surface area contributed by atoms with Crippen molar-refractivity contribution in [1.82, 2.24) is 19.5 Å². The Kier molecular flexibility index (Phi) is 6.03. The van der Waals surface area contributed by atoms with Crippen molar-refractivity contribution >= 4 is 45.0 Å². The predicted octanol–water partition coefficient (Wildman–Crippen LogP) is 3.10. The number of primary amides is 1. The lowest BCUT2D eigenvalue weighted by atomic mass is 10.2. The minimum atomic E-state index is -0.373. The highest BCUT2D eigenvalue weighted by Crippen LogP contribution is 2.39. The highest BCUT2D eigenvalue weighted by Gasteiger charge is 2.32. The normalized spacial score (nSPS) is 15.4. The van der Waals surface area contributed by atoms with Crippen LogP contribution in [0, 0.1) is 0 Å². The molecule has 1 aromatic carbocycles. The highest BCUT2D eigenvalue weighted by molar-refractivity contribution is 7.17. The van der Waals surface area contributed by atoms with Crippen molar-refractivity contribution in [2.75, 3.05) is 38.1 Å². The molecule has 11 nitrogen and oxygen atoms in total. The number of carbonyl (C=O) groups excluding carboxylic acids is 1. The number of benzene rings is 1. The molecular weight excluding hydrogens is 470 g/mol. The predicted molar refractivity (Wildman–Crippen MR) is 133 cm³/mol. The van der Waals surface area contributed by atoms with Crippen molar-refractivity contribution in [3.05, 3.63) is 36.1 Å². The molecule has 4 aromatic rings. The molecule has 35 heavy (non-hydrogen) atoms. The number of imidazole rings is 1. The molecule has 1 fully saturated rings. The number of aromatic nitrogens is 4. The zero-order chi connectivity index (χ0) is 24.5. The van der Waals surface area contributed by atoms with E-state index in [1.807, 2.05) is 39.2 Å². The molecule has 0 bridgehead atoms. The van der Waals surface area contributed by atoms with Gasteiger partial charge in [-0.1, -0.05) is 0 Å². The zero-order valence-corrected chi connectivity index (χ0v) is 20.3. The third-order valence-corrected chi connectivity index (χ3v) is 6.81. The van der Waals surface area contributed by atoms with Gasteiger partial charge in [-0.05, 0) is 24.3 Å². The summed E-state index contributed by atoms with van der Waals surface area (Å²) in [7, 11) is 4.70. The second kappa shape index (κ2) is 9.29. The number of methoxy groups -OCH3 is 3. The van der Waals surface area contributed by atoms with E-state index in [9.17, 15) is 4.79 Å². The molecule has 1 unspecified atom stereocenters. The summed E-state index contributed by atoms with van der Waals surface area (Å²) in [6.45, 7) is 0.715. The van der Waals surface area contributed by atoms with Crippen molar-refractivity contribution < 1.29 is 19.0 Å². The van der Waals surface area contributed by atoms with E-state index >= 15 is 0 Å². The SMILES string of the molecule is COc1cc(-n2cnc(Nc3nc(N4CCCC4C(N)=O)c4sccc4n3)c2)cc(OC)c1OC. The van der Waals surface area contributed by atoms with Crippen molar-refractivity contribution in [2.45, 2.75) is 18.9 Å². The molecule has 1 amide bonds. The highest BCUT2D eigenvalue weighted by atomic mass is 32.1. The number of ether oxygens (including phenoxy) is 3. The largest absolute Gasteiger partial charge is 0.493 e. The van der Waals surface area contributed by atoms with Gasteiger partial charge in [0.1, 0.15) is 12.4 Å². The molecule has 3 N–H and O–H groups in total. The first-order valence-electron chi connectivity index (χ1n) is 10.9. The van der Waals surface area contributed by atoms with Gasteiger partial charge in [-0.3, -0.25) is 4.79 Å². The Hall–Kier alpha value is -4.06. The van der Waals surface area contributed by atoms with E-state index in [0.717, 1.165) is 22.3 Å². The van der Waals surface area contributed by atoms with Crippen LogP contribution in [-0.4, -0.2) is 59.3 Å². The maximum atomic E-state index is 12.0.